The van der Waals surface area contributed by atoms with Gasteiger partial charge < -0.3 is 4.18 Å². The van der Waals surface area contributed by atoms with Crippen LogP contribution < -0.4 is 0 Å². The molecular formula is C11H18OS. The first-order valence-corrected chi connectivity index (χ1v) is 5.50. The van der Waals surface area contributed by atoms with E-state index in [2.05, 4.69) is 32.8 Å². The Morgan fingerprint density at radius 3 is 2.54 bits per heavy atom. The lowest BCUT2D eigenvalue weighted by Gasteiger charge is -2.38. The highest BCUT2D eigenvalue weighted by molar-refractivity contribution is 7.75. The fraction of sp³-hybridized carbons (Fsp3) is 0.818. The van der Waals surface area contributed by atoms with E-state index < -0.39 is 0 Å². The van der Waals surface area contributed by atoms with Crippen LogP contribution in [0.15, 0.2) is 11.6 Å². The first-order valence-electron chi connectivity index (χ1n) is 5.13. The minimum absolute atomic E-state index is 0.703. The van der Waals surface area contributed by atoms with Gasteiger partial charge in [-0.05, 0) is 61.9 Å². The summed E-state index contributed by atoms with van der Waals surface area (Å²) in [5.74, 6) is 1.78. The second-order valence-corrected chi connectivity index (χ2v) is 4.97. The number of rotatable bonds is 3. The molecule has 1 spiro atoms. The Hall–Kier alpha value is 0.0500. The maximum Gasteiger partial charge on any atom is 0.0823 e. The van der Waals surface area contributed by atoms with Crippen LogP contribution in [0.1, 0.15) is 33.1 Å². The van der Waals surface area contributed by atoms with E-state index in [9.17, 15) is 0 Å². The predicted octanol–water partition coefficient (Wildman–Crippen LogP) is 3.23. The van der Waals surface area contributed by atoms with E-state index in [4.69, 9.17) is 4.18 Å². The summed E-state index contributed by atoms with van der Waals surface area (Å²) in [6.07, 6.45) is 6.44. The van der Waals surface area contributed by atoms with Crippen LogP contribution in [0, 0.1) is 17.3 Å². The molecule has 0 bridgehead atoms. The highest BCUT2D eigenvalue weighted by Gasteiger charge is 2.59. The summed E-state index contributed by atoms with van der Waals surface area (Å²) in [6.45, 7) is 5.18. The van der Waals surface area contributed by atoms with Gasteiger partial charge >= 0.3 is 0 Å². The third-order valence-corrected chi connectivity index (χ3v) is 4.16. The van der Waals surface area contributed by atoms with Crippen LogP contribution in [0.5, 0.6) is 0 Å². The van der Waals surface area contributed by atoms with E-state index in [-0.39, 0.29) is 0 Å². The third-order valence-electron chi connectivity index (χ3n) is 4.03. The normalized spacial score (nSPS) is 43.5. The molecule has 2 fully saturated rings. The van der Waals surface area contributed by atoms with Crippen LogP contribution in [0.25, 0.3) is 0 Å². The largest absolute Gasteiger partial charge is 0.314 e. The first kappa shape index (κ1) is 9.60. The first-order chi connectivity index (χ1) is 6.22. The molecule has 2 saturated carbocycles. The molecule has 0 aromatic rings. The standard InChI is InChI=1S/C11H18OS/c1-3-9(7-12-13)10-5-11(6-10)4-8(11)2/h3,8,10,13H,4-7H2,1-2H3/b9-3-. The van der Waals surface area contributed by atoms with Crippen molar-refractivity contribution in [3.63, 3.8) is 0 Å². The molecule has 0 radical (unpaired) electrons. The molecule has 0 aromatic carbocycles. The molecule has 0 aromatic heterocycles. The van der Waals surface area contributed by atoms with Gasteiger partial charge in [-0.2, -0.15) is 0 Å². The Balaban J connectivity index is 1.85. The summed E-state index contributed by atoms with van der Waals surface area (Å²) in [5, 5.41) is 0. The third kappa shape index (κ3) is 1.55. The van der Waals surface area contributed by atoms with Gasteiger partial charge in [0, 0.05) is 0 Å². The van der Waals surface area contributed by atoms with Gasteiger partial charge in [-0.15, -0.1) is 0 Å². The summed E-state index contributed by atoms with van der Waals surface area (Å²) in [7, 11) is 0. The molecular weight excluding hydrogens is 180 g/mol. The van der Waals surface area contributed by atoms with Gasteiger partial charge in [0.2, 0.25) is 0 Å². The van der Waals surface area contributed by atoms with Crippen LogP contribution in [0.3, 0.4) is 0 Å². The van der Waals surface area contributed by atoms with Crippen molar-refractivity contribution < 1.29 is 4.18 Å². The highest BCUT2D eigenvalue weighted by atomic mass is 32.1. The average molecular weight is 198 g/mol. The van der Waals surface area contributed by atoms with Gasteiger partial charge in [0.15, 0.2) is 0 Å². The van der Waals surface area contributed by atoms with Crippen molar-refractivity contribution >= 4 is 12.9 Å². The minimum atomic E-state index is 0.703. The molecule has 13 heavy (non-hydrogen) atoms. The second kappa shape index (κ2) is 3.32. The van der Waals surface area contributed by atoms with Crippen molar-refractivity contribution in [2.45, 2.75) is 33.1 Å². The second-order valence-electron chi connectivity index (χ2n) is 4.71. The lowest BCUT2D eigenvalue weighted by molar-refractivity contribution is 0.172. The number of allylic oxidation sites excluding steroid dienone is 1. The van der Waals surface area contributed by atoms with Crippen LogP contribution in [-0.4, -0.2) is 6.61 Å². The molecule has 0 saturated heterocycles. The molecule has 1 atom stereocenters. The molecule has 2 aliphatic carbocycles. The van der Waals surface area contributed by atoms with Gasteiger partial charge in [0.05, 0.1) is 6.61 Å². The summed E-state index contributed by atoms with van der Waals surface area (Å²) < 4.78 is 4.89. The van der Waals surface area contributed by atoms with Crippen LogP contribution in [0.4, 0.5) is 0 Å². The van der Waals surface area contributed by atoms with E-state index in [1.807, 2.05) is 0 Å². The zero-order valence-electron chi connectivity index (χ0n) is 8.42. The van der Waals surface area contributed by atoms with Crippen LogP contribution >= 0.6 is 12.9 Å². The van der Waals surface area contributed by atoms with Gasteiger partial charge in [-0.25, -0.2) is 0 Å². The molecule has 2 rings (SSSR count). The quantitative estimate of drug-likeness (QED) is 0.416. The fourth-order valence-electron chi connectivity index (χ4n) is 2.82. The summed E-state index contributed by atoms with van der Waals surface area (Å²) >= 11 is 3.81. The molecule has 2 heteroatoms. The summed E-state index contributed by atoms with van der Waals surface area (Å²) in [6, 6.07) is 0. The smallest absolute Gasteiger partial charge is 0.0823 e. The fourth-order valence-corrected chi connectivity index (χ4v) is 2.96. The molecule has 0 N–H and O–H groups in total. The lowest BCUT2D eigenvalue weighted by atomic mass is 9.67. The molecule has 1 unspecified atom stereocenters. The van der Waals surface area contributed by atoms with Gasteiger partial charge in [0.25, 0.3) is 0 Å². The van der Waals surface area contributed by atoms with Crippen molar-refractivity contribution in [3.05, 3.63) is 11.6 Å². The molecule has 2 aliphatic rings. The van der Waals surface area contributed by atoms with Gasteiger partial charge in [0.1, 0.15) is 0 Å². The van der Waals surface area contributed by atoms with E-state index in [0.717, 1.165) is 17.3 Å². The Labute approximate surface area is 86.2 Å². The van der Waals surface area contributed by atoms with Crippen LogP contribution in [-0.2, 0) is 4.18 Å². The highest BCUT2D eigenvalue weighted by Crippen LogP contribution is 2.68. The van der Waals surface area contributed by atoms with Crippen molar-refractivity contribution in [2.75, 3.05) is 6.61 Å². The number of thiol groups is 1. The van der Waals surface area contributed by atoms with E-state index in [1.54, 1.807) is 0 Å². The Kier molecular flexibility index (Phi) is 2.45. The van der Waals surface area contributed by atoms with E-state index >= 15 is 0 Å². The Morgan fingerprint density at radius 1 is 1.54 bits per heavy atom. The number of hydrogen-bond donors (Lipinski definition) is 1. The Morgan fingerprint density at radius 2 is 2.15 bits per heavy atom. The maximum absolute atomic E-state index is 4.89. The lowest BCUT2D eigenvalue weighted by Crippen LogP contribution is -2.29. The molecule has 0 aliphatic heterocycles. The maximum atomic E-state index is 4.89. The minimum Gasteiger partial charge on any atom is -0.314 e. The zero-order chi connectivity index (χ0) is 9.47. The average Bonchev–Trinajstić information content (AvgIpc) is 2.71. The molecule has 1 nitrogen and oxygen atoms in total. The monoisotopic (exact) mass is 198 g/mol. The SMILES string of the molecule is C/C=C(/COS)C1CC2(C1)CC2C. The van der Waals surface area contributed by atoms with Gasteiger partial charge in [-0.3, -0.25) is 0 Å². The van der Waals surface area contributed by atoms with E-state index in [1.165, 1.54) is 24.8 Å². The van der Waals surface area contributed by atoms with Crippen molar-refractivity contribution in [1.82, 2.24) is 0 Å². The van der Waals surface area contributed by atoms with Crippen molar-refractivity contribution in [3.8, 4) is 0 Å². The molecule has 0 heterocycles. The molecule has 0 amide bonds. The summed E-state index contributed by atoms with van der Waals surface area (Å²) in [4.78, 5) is 0. The van der Waals surface area contributed by atoms with E-state index in [0.29, 0.717) is 6.61 Å². The molecule has 74 valence electrons. The van der Waals surface area contributed by atoms with Crippen molar-refractivity contribution in [1.29, 1.82) is 0 Å². The van der Waals surface area contributed by atoms with Crippen LogP contribution in [0.2, 0.25) is 0 Å². The summed E-state index contributed by atoms with van der Waals surface area (Å²) in [5.41, 5.74) is 2.20. The Bertz CT molecular complexity index is 228. The van der Waals surface area contributed by atoms with Gasteiger partial charge in [-0.1, -0.05) is 13.0 Å². The van der Waals surface area contributed by atoms with Crippen molar-refractivity contribution in [2.24, 2.45) is 17.3 Å². The number of hydrogen-bond acceptors (Lipinski definition) is 2. The topological polar surface area (TPSA) is 9.23 Å². The predicted molar refractivity (Wildman–Crippen MR) is 57.6 cm³/mol. The zero-order valence-corrected chi connectivity index (χ0v) is 9.31.